The minimum Gasteiger partial charge on any atom is -0.515 e. The Hall–Kier alpha value is -1.15. The van der Waals surface area contributed by atoms with Crippen molar-refractivity contribution in [1.29, 1.82) is 0 Å². The molecule has 1 rings (SSSR count). The monoisotopic (exact) mass is 206 g/mol. The zero-order chi connectivity index (χ0) is 10.4. The van der Waals surface area contributed by atoms with Gasteiger partial charge in [0.1, 0.15) is 0 Å². The van der Waals surface area contributed by atoms with E-state index in [0.29, 0.717) is 0 Å². The van der Waals surface area contributed by atoms with Crippen LogP contribution >= 0.6 is 11.8 Å². The van der Waals surface area contributed by atoms with Crippen molar-refractivity contribution in [2.24, 2.45) is 0 Å². The highest BCUT2D eigenvalue weighted by Crippen LogP contribution is 2.20. The molecule has 74 valence electrons. The molecule has 0 amide bonds. The van der Waals surface area contributed by atoms with E-state index in [1.54, 1.807) is 11.8 Å². The van der Waals surface area contributed by atoms with Gasteiger partial charge >= 0.3 is 0 Å². The number of rotatable bonds is 3. The van der Waals surface area contributed by atoms with Gasteiger partial charge in [0.25, 0.3) is 0 Å². The van der Waals surface area contributed by atoms with Crippen LogP contribution in [0.5, 0.6) is 0 Å². The fraction of sp³-hybridized carbons (Fsp3) is 0.167. The topological polar surface area (TPSA) is 20.2 Å². The molecule has 1 nitrogen and oxygen atoms in total. The maximum Gasteiger partial charge on any atom is 0.0820 e. The first kappa shape index (κ1) is 10.9. The van der Waals surface area contributed by atoms with Gasteiger partial charge in [-0.15, -0.1) is 0 Å². The zero-order valence-corrected chi connectivity index (χ0v) is 9.21. The first-order valence-electron chi connectivity index (χ1n) is 4.43. The number of thioether (sulfide) groups is 1. The lowest BCUT2D eigenvalue weighted by Gasteiger charge is -1.97. The van der Waals surface area contributed by atoms with Gasteiger partial charge in [0.2, 0.25) is 0 Å². The molecule has 0 radical (unpaired) electrons. The lowest BCUT2D eigenvalue weighted by Crippen LogP contribution is -1.72. The summed E-state index contributed by atoms with van der Waals surface area (Å²) >= 11 is 1.65. The molecule has 0 bridgehead atoms. The summed E-state index contributed by atoms with van der Waals surface area (Å²) in [4.78, 5) is 1.21. The number of aliphatic hydroxyl groups is 1. The summed E-state index contributed by atoms with van der Waals surface area (Å²) in [5, 5.41) is 10.6. The predicted molar refractivity (Wildman–Crippen MR) is 62.6 cm³/mol. The van der Waals surface area contributed by atoms with Crippen LogP contribution in [0.25, 0.3) is 0 Å². The lowest BCUT2D eigenvalue weighted by molar-refractivity contribution is 0.469. The summed E-state index contributed by atoms with van der Waals surface area (Å²) in [5.41, 5.74) is 2.11. The second-order valence-corrected chi connectivity index (χ2v) is 4.09. The molecule has 0 saturated carbocycles. The molecular weight excluding hydrogens is 192 g/mol. The molecule has 14 heavy (non-hydrogen) atoms. The first-order chi connectivity index (χ1) is 6.72. The molecule has 0 unspecified atom stereocenters. The number of aryl methyl sites for hydroxylation is 1. The third-order valence-corrected chi connectivity index (χ3v) is 2.53. The van der Waals surface area contributed by atoms with Crippen molar-refractivity contribution >= 4 is 11.8 Å². The average molecular weight is 206 g/mol. The van der Waals surface area contributed by atoms with Crippen molar-refractivity contribution in [2.75, 3.05) is 0 Å². The molecule has 1 aromatic carbocycles. The van der Waals surface area contributed by atoms with Gasteiger partial charge in [-0.3, -0.25) is 0 Å². The maximum atomic E-state index is 8.65. The zero-order valence-electron chi connectivity index (χ0n) is 8.40. The Balaban J connectivity index is 2.58. The van der Waals surface area contributed by atoms with Crippen LogP contribution < -0.4 is 0 Å². The lowest BCUT2D eigenvalue weighted by atomic mass is 10.2. The molecule has 0 aliphatic heterocycles. The molecule has 0 spiro atoms. The van der Waals surface area contributed by atoms with Gasteiger partial charge in [0, 0.05) is 4.90 Å². The van der Waals surface area contributed by atoms with E-state index < -0.39 is 0 Å². The third kappa shape index (κ3) is 3.71. The average Bonchev–Trinajstić information content (AvgIpc) is 2.17. The van der Waals surface area contributed by atoms with Crippen molar-refractivity contribution in [1.82, 2.24) is 0 Å². The SMILES string of the molecule is CC(/C=C\Sc1cccc(C)c1)=C\O. The number of hydrogen-bond donors (Lipinski definition) is 1. The van der Waals surface area contributed by atoms with Gasteiger partial charge in [-0.2, -0.15) is 0 Å². The van der Waals surface area contributed by atoms with Crippen LogP contribution in [-0.2, 0) is 0 Å². The van der Waals surface area contributed by atoms with E-state index >= 15 is 0 Å². The maximum absolute atomic E-state index is 8.65. The van der Waals surface area contributed by atoms with Crippen molar-refractivity contribution in [2.45, 2.75) is 18.7 Å². The Bertz CT molecular complexity index is 353. The van der Waals surface area contributed by atoms with Crippen LogP contribution in [0, 0.1) is 6.92 Å². The quantitative estimate of drug-likeness (QED) is 0.457. The number of benzene rings is 1. The van der Waals surface area contributed by atoms with Gasteiger partial charge in [-0.1, -0.05) is 29.5 Å². The highest BCUT2D eigenvalue weighted by molar-refractivity contribution is 8.02. The minimum atomic E-state index is 0.852. The van der Waals surface area contributed by atoms with Crippen molar-refractivity contribution in [3.8, 4) is 0 Å². The van der Waals surface area contributed by atoms with E-state index in [2.05, 4.69) is 25.1 Å². The highest BCUT2D eigenvalue weighted by atomic mass is 32.2. The molecule has 0 aliphatic carbocycles. The summed E-state index contributed by atoms with van der Waals surface area (Å²) in [6.45, 7) is 3.93. The van der Waals surface area contributed by atoms with Crippen LogP contribution in [0.4, 0.5) is 0 Å². The summed E-state index contributed by atoms with van der Waals surface area (Å²) in [6, 6.07) is 8.32. The highest BCUT2D eigenvalue weighted by Gasteiger charge is 1.90. The first-order valence-corrected chi connectivity index (χ1v) is 5.31. The smallest absolute Gasteiger partial charge is 0.0820 e. The molecule has 2 heteroatoms. The molecule has 0 fully saturated rings. The van der Waals surface area contributed by atoms with E-state index in [1.165, 1.54) is 10.5 Å². The summed E-state index contributed by atoms with van der Waals surface area (Å²) in [5.74, 6) is 0. The molecule has 0 saturated heterocycles. The Morgan fingerprint density at radius 1 is 1.43 bits per heavy atom. The third-order valence-electron chi connectivity index (χ3n) is 1.73. The van der Waals surface area contributed by atoms with Gasteiger partial charge < -0.3 is 5.11 Å². The number of allylic oxidation sites excluding steroid dienone is 2. The largest absolute Gasteiger partial charge is 0.515 e. The van der Waals surface area contributed by atoms with Gasteiger partial charge in [0.05, 0.1) is 6.26 Å². The Morgan fingerprint density at radius 3 is 2.86 bits per heavy atom. The Morgan fingerprint density at radius 2 is 2.21 bits per heavy atom. The molecule has 1 N–H and O–H groups in total. The van der Waals surface area contributed by atoms with Gasteiger partial charge in [-0.05, 0) is 43.0 Å². The van der Waals surface area contributed by atoms with E-state index in [-0.39, 0.29) is 0 Å². The van der Waals surface area contributed by atoms with Crippen LogP contribution in [0.15, 0.2) is 52.5 Å². The Kier molecular flexibility index (Phi) is 4.33. The van der Waals surface area contributed by atoms with E-state index in [4.69, 9.17) is 5.11 Å². The second kappa shape index (κ2) is 5.55. The van der Waals surface area contributed by atoms with Gasteiger partial charge in [-0.25, -0.2) is 0 Å². The molecule has 0 heterocycles. The molecular formula is C12H14OS. The van der Waals surface area contributed by atoms with Crippen molar-refractivity contribution < 1.29 is 5.11 Å². The fourth-order valence-corrected chi connectivity index (χ4v) is 1.80. The minimum absolute atomic E-state index is 0.852. The summed E-state index contributed by atoms with van der Waals surface area (Å²) < 4.78 is 0. The standard InChI is InChI=1S/C12H14OS/c1-10-4-3-5-12(8-10)14-7-6-11(2)9-13/h3-9,13H,1-2H3/b7-6-,11-9+. The molecule has 1 aromatic rings. The van der Waals surface area contributed by atoms with Crippen LogP contribution in [0.3, 0.4) is 0 Å². The molecule has 0 aromatic heterocycles. The van der Waals surface area contributed by atoms with Crippen LogP contribution in [-0.4, -0.2) is 5.11 Å². The van der Waals surface area contributed by atoms with E-state index in [9.17, 15) is 0 Å². The normalized spacial score (nSPS) is 12.3. The second-order valence-electron chi connectivity index (χ2n) is 3.11. The number of aliphatic hydroxyl groups excluding tert-OH is 1. The summed E-state index contributed by atoms with van der Waals surface area (Å²) in [6.07, 6.45) is 2.99. The van der Waals surface area contributed by atoms with Crippen LogP contribution in [0.1, 0.15) is 12.5 Å². The van der Waals surface area contributed by atoms with Gasteiger partial charge in [0.15, 0.2) is 0 Å². The van der Waals surface area contributed by atoms with Crippen molar-refractivity contribution in [3.63, 3.8) is 0 Å². The summed E-state index contributed by atoms with van der Waals surface area (Å²) in [7, 11) is 0. The van der Waals surface area contributed by atoms with E-state index in [0.717, 1.165) is 11.8 Å². The molecule has 0 aliphatic rings. The molecule has 0 atom stereocenters. The Labute approximate surface area is 89.2 Å². The van der Waals surface area contributed by atoms with Crippen LogP contribution in [0.2, 0.25) is 0 Å². The fourth-order valence-electron chi connectivity index (χ4n) is 0.952. The predicted octanol–water partition coefficient (Wildman–Crippen LogP) is 4.06. The number of hydrogen-bond acceptors (Lipinski definition) is 2. The van der Waals surface area contributed by atoms with Crippen molar-refractivity contribution in [3.05, 3.63) is 53.1 Å². The van der Waals surface area contributed by atoms with E-state index in [1.807, 2.05) is 24.5 Å².